The van der Waals surface area contributed by atoms with E-state index in [9.17, 15) is 4.79 Å². The number of piperidine rings is 1. The topological polar surface area (TPSA) is 41.6 Å². The van der Waals surface area contributed by atoms with Crippen molar-refractivity contribution < 1.29 is 9.53 Å². The molecule has 16 heavy (non-hydrogen) atoms. The van der Waals surface area contributed by atoms with Gasteiger partial charge in [0.05, 0.1) is 7.11 Å². The summed E-state index contributed by atoms with van der Waals surface area (Å²) in [4.78, 5) is 13.0. The lowest BCUT2D eigenvalue weighted by Gasteiger charge is -2.31. The lowest BCUT2D eigenvalue weighted by atomic mass is 10.1. The lowest BCUT2D eigenvalue weighted by Crippen LogP contribution is -2.45. The number of carbonyl (C=O) groups is 1. The zero-order valence-corrected chi connectivity index (χ0v) is 10.6. The Labute approximate surface area is 103 Å². The first-order chi connectivity index (χ1) is 7.29. The summed E-state index contributed by atoms with van der Waals surface area (Å²) in [6.07, 6.45) is 4.72. The molecule has 2 fully saturated rings. The van der Waals surface area contributed by atoms with E-state index in [2.05, 4.69) is 5.32 Å². The van der Waals surface area contributed by atoms with Gasteiger partial charge in [-0.2, -0.15) is 0 Å². The minimum Gasteiger partial charge on any atom is -0.453 e. The van der Waals surface area contributed by atoms with Gasteiger partial charge in [-0.05, 0) is 38.1 Å². The first kappa shape index (κ1) is 13.6. The van der Waals surface area contributed by atoms with Gasteiger partial charge in [-0.15, -0.1) is 12.4 Å². The summed E-state index contributed by atoms with van der Waals surface area (Å²) in [5.41, 5.74) is 0. The van der Waals surface area contributed by atoms with Crippen LogP contribution in [-0.4, -0.2) is 43.8 Å². The minimum atomic E-state index is -0.185. The van der Waals surface area contributed by atoms with E-state index in [1.807, 2.05) is 0 Å². The van der Waals surface area contributed by atoms with Crippen molar-refractivity contribution in [1.82, 2.24) is 10.2 Å². The number of carbonyl (C=O) groups excluding carboxylic acids is 1. The zero-order valence-electron chi connectivity index (χ0n) is 9.78. The summed E-state index contributed by atoms with van der Waals surface area (Å²) in [6.45, 7) is 2.83. The molecule has 0 atom stereocenters. The molecule has 1 aliphatic heterocycles. The largest absolute Gasteiger partial charge is 0.453 e. The number of nitrogens with zero attached hydrogens (tertiary/aromatic N) is 1. The predicted molar refractivity (Wildman–Crippen MR) is 65.0 cm³/mol. The Morgan fingerprint density at radius 3 is 2.44 bits per heavy atom. The highest BCUT2D eigenvalue weighted by Crippen LogP contribution is 2.28. The molecule has 0 unspecified atom stereocenters. The molecule has 0 spiro atoms. The normalized spacial score (nSPS) is 21.4. The highest BCUT2D eigenvalue weighted by Gasteiger charge is 2.25. The Bertz CT molecular complexity index is 226. The molecule has 0 bridgehead atoms. The first-order valence-corrected chi connectivity index (χ1v) is 5.86. The second-order valence-electron chi connectivity index (χ2n) is 4.58. The van der Waals surface area contributed by atoms with Crippen molar-refractivity contribution in [3.63, 3.8) is 0 Å². The number of nitrogens with one attached hydrogen (secondary N) is 1. The Hall–Kier alpha value is -0.480. The van der Waals surface area contributed by atoms with E-state index in [0.29, 0.717) is 6.04 Å². The van der Waals surface area contributed by atoms with Gasteiger partial charge in [-0.3, -0.25) is 0 Å². The van der Waals surface area contributed by atoms with Gasteiger partial charge in [0, 0.05) is 19.1 Å². The zero-order chi connectivity index (χ0) is 10.7. The highest BCUT2D eigenvalue weighted by atomic mass is 35.5. The maximum Gasteiger partial charge on any atom is 0.409 e. The summed E-state index contributed by atoms with van der Waals surface area (Å²) >= 11 is 0. The molecule has 5 heteroatoms. The number of hydrogen-bond donors (Lipinski definition) is 1. The second-order valence-corrected chi connectivity index (χ2v) is 4.58. The van der Waals surface area contributed by atoms with Crippen LogP contribution in [0.3, 0.4) is 0 Å². The van der Waals surface area contributed by atoms with Crippen LogP contribution in [0.15, 0.2) is 0 Å². The number of ether oxygens (including phenoxy) is 1. The molecule has 94 valence electrons. The smallest absolute Gasteiger partial charge is 0.409 e. The molecule has 2 aliphatic rings. The molecular weight excluding hydrogens is 228 g/mol. The molecule has 0 aromatic carbocycles. The maximum absolute atomic E-state index is 11.2. The average Bonchev–Trinajstić information content (AvgIpc) is 3.10. The number of rotatable bonds is 3. The fraction of sp³-hybridized carbons (Fsp3) is 0.909. The van der Waals surface area contributed by atoms with Crippen molar-refractivity contribution in [2.75, 3.05) is 26.7 Å². The van der Waals surface area contributed by atoms with Crippen molar-refractivity contribution in [2.24, 2.45) is 5.92 Å². The van der Waals surface area contributed by atoms with Crippen molar-refractivity contribution in [3.8, 4) is 0 Å². The fourth-order valence-corrected chi connectivity index (χ4v) is 2.05. The highest BCUT2D eigenvalue weighted by molar-refractivity contribution is 5.85. The van der Waals surface area contributed by atoms with Crippen molar-refractivity contribution >= 4 is 18.5 Å². The molecule has 4 nitrogen and oxygen atoms in total. The van der Waals surface area contributed by atoms with Crippen LogP contribution in [0, 0.1) is 5.92 Å². The summed E-state index contributed by atoms with van der Waals surface area (Å²) in [6, 6.07) is 0.603. The molecule has 0 aromatic heterocycles. The van der Waals surface area contributed by atoms with Gasteiger partial charge >= 0.3 is 6.09 Å². The van der Waals surface area contributed by atoms with E-state index < -0.39 is 0 Å². The Morgan fingerprint density at radius 2 is 1.94 bits per heavy atom. The molecule has 0 radical (unpaired) electrons. The van der Waals surface area contributed by atoms with E-state index in [-0.39, 0.29) is 18.5 Å². The third-order valence-corrected chi connectivity index (χ3v) is 3.32. The third kappa shape index (κ3) is 3.83. The lowest BCUT2D eigenvalue weighted by molar-refractivity contribution is 0.110. The van der Waals surface area contributed by atoms with Gasteiger partial charge in [0.1, 0.15) is 0 Å². The van der Waals surface area contributed by atoms with E-state index in [1.165, 1.54) is 26.5 Å². The van der Waals surface area contributed by atoms with Crippen LogP contribution in [0.4, 0.5) is 4.79 Å². The molecule has 1 aliphatic carbocycles. The fourth-order valence-electron chi connectivity index (χ4n) is 2.05. The summed E-state index contributed by atoms with van der Waals surface area (Å²) in [5.74, 6) is 0.934. The van der Waals surface area contributed by atoms with Gasteiger partial charge in [0.25, 0.3) is 0 Å². The molecule has 1 N–H and O–H groups in total. The van der Waals surface area contributed by atoms with E-state index in [1.54, 1.807) is 4.90 Å². The molecule has 2 rings (SSSR count). The van der Waals surface area contributed by atoms with Crippen molar-refractivity contribution in [2.45, 2.75) is 31.7 Å². The van der Waals surface area contributed by atoms with Crippen molar-refractivity contribution in [1.29, 1.82) is 0 Å². The van der Waals surface area contributed by atoms with Gasteiger partial charge in [-0.25, -0.2) is 4.79 Å². The number of halogens is 1. The molecule has 1 heterocycles. The van der Waals surface area contributed by atoms with Crippen LogP contribution in [0.5, 0.6) is 0 Å². The second kappa shape index (κ2) is 6.30. The van der Waals surface area contributed by atoms with Gasteiger partial charge in [0.2, 0.25) is 0 Å². The monoisotopic (exact) mass is 248 g/mol. The SMILES string of the molecule is COC(=O)N1CCC(NCC2CC2)CC1.Cl. The maximum atomic E-state index is 11.2. The standard InChI is InChI=1S/C11H20N2O2.ClH/c1-15-11(14)13-6-4-10(5-7-13)12-8-9-2-3-9;/h9-10,12H,2-8H2,1H3;1H. The molecule has 1 amide bonds. The third-order valence-electron chi connectivity index (χ3n) is 3.32. The molecule has 0 aromatic rings. The Kier molecular flexibility index (Phi) is 5.35. The predicted octanol–water partition coefficient (Wildman–Crippen LogP) is 1.64. The number of likely N-dealkylation sites (tertiary alicyclic amines) is 1. The van der Waals surface area contributed by atoms with Crippen LogP contribution in [-0.2, 0) is 4.74 Å². The van der Waals surface area contributed by atoms with Crippen molar-refractivity contribution in [3.05, 3.63) is 0 Å². The van der Waals surface area contributed by atoms with Crippen LogP contribution in [0.2, 0.25) is 0 Å². The van der Waals surface area contributed by atoms with Gasteiger partial charge in [0.15, 0.2) is 0 Å². The molecule has 1 saturated heterocycles. The van der Waals surface area contributed by atoms with Crippen LogP contribution in [0.1, 0.15) is 25.7 Å². The van der Waals surface area contributed by atoms with Crippen LogP contribution in [0.25, 0.3) is 0 Å². The van der Waals surface area contributed by atoms with Gasteiger partial charge in [-0.1, -0.05) is 0 Å². The number of methoxy groups -OCH3 is 1. The van der Waals surface area contributed by atoms with E-state index >= 15 is 0 Å². The molecular formula is C11H21ClN2O2. The molecule has 1 saturated carbocycles. The average molecular weight is 249 g/mol. The van der Waals surface area contributed by atoms with Crippen LogP contribution < -0.4 is 5.32 Å². The summed E-state index contributed by atoms with van der Waals surface area (Å²) in [5, 5.41) is 3.58. The Morgan fingerprint density at radius 1 is 1.31 bits per heavy atom. The number of amides is 1. The first-order valence-electron chi connectivity index (χ1n) is 5.86. The van der Waals surface area contributed by atoms with E-state index in [4.69, 9.17) is 4.74 Å². The summed E-state index contributed by atoms with van der Waals surface area (Å²) < 4.78 is 4.70. The van der Waals surface area contributed by atoms with E-state index in [0.717, 1.165) is 31.8 Å². The van der Waals surface area contributed by atoms with Gasteiger partial charge < -0.3 is 15.0 Å². The quantitative estimate of drug-likeness (QED) is 0.826. The van der Waals surface area contributed by atoms with Crippen LogP contribution >= 0.6 is 12.4 Å². The summed E-state index contributed by atoms with van der Waals surface area (Å²) in [7, 11) is 1.44. The Balaban J connectivity index is 0.00000128. The number of hydrogen-bond acceptors (Lipinski definition) is 3. The minimum absolute atomic E-state index is 0.